The number of ketones is 1. The molecule has 0 aliphatic rings. The van der Waals surface area contributed by atoms with Crippen molar-refractivity contribution in [1.82, 2.24) is 10.3 Å². The molecule has 0 unspecified atom stereocenters. The molecule has 6 heteroatoms. The van der Waals surface area contributed by atoms with Gasteiger partial charge in [0.1, 0.15) is 10.8 Å². The normalized spacial score (nSPS) is 11.8. The smallest absolute Gasteiger partial charge is 0.258 e. The number of rotatable bonds is 7. The summed E-state index contributed by atoms with van der Waals surface area (Å²) >= 11 is 1.39. The number of Topliss-reactive ketones (excluding diaryl/α,β-unsaturated/α-hetero) is 1. The number of carbonyl (C=O) groups excluding carboxylic acids is 2. The van der Waals surface area contributed by atoms with Crippen LogP contribution in [0.5, 0.6) is 5.75 Å². The molecule has 5 nitrogen and oxygen atoms in total. The third kappa shape index (κ3) is 4.64. The van der Waals surface area contributed by atoms with Crippen LogP contribution in [0.3, 0.4) is 0 Å². The summed E-state index contributed by atoms with van der Waals surface area (Å²) in [5, 5.41) is 3.66. The topological polar surface area (TPSA) is 68.3 Å². The summed E-state index contributed by atoms with van der Waals surface area (Å²) in [7, 11) is 0. The van der Waals surface area contributed by atoms with E-state index in [1.165, 1.54) is 11.3 Å². The van der Waals surface area contributed by atoms with E-state index < -0.39 is 0 Å². The minimum Gasteiger partial charge on any atom is -0.484 e. The molecule has 1 aromatic carbocycles. The zero-order chi connectivity index (χ0) is 17.7. The van der Waals surface area contributed by atoms with E-state index in [9.17, 15) is 9.59 Å². The van der Waals surface area contributed by atoms with Crippen molar-refractivity contribution in [3.8, 4) is 16.3 Å². The Labute approximate surface area is 146 Å². The highest BCUT2D eigenvalue weighted by atomic mass is 32.1. The number of amides is 1. The number of hydrogen-bond donors (Lipinski definition) is 1. The van der Waals surface area contributed by atoms with Crippen molar-refractivity contribution in [2.24, 2.45) is 0 Å². The average molecular weight is 346 g/mol. The number of thiazole rings is 1. The molecule has 1 aromatic heterocycles. The molecule has 0 saturated heterocycles. The molecule has 0 spiro atoms. The lowest BCUT2D eigenvalue weighted by Gasteiger charge is -2.12. The molecule has 1 amide bonds. The Bertz CT molecular complexity index is 722. The van der Waals surface area contributed by atoms with Crippen molar-refractivity contribution in [3.05, 3.63) is 34.8 Å². The number of carbonyl (C=O) groups is 2. The van der Waals surface area contributed by atoms with Crippen LogP contribution in [0.1, 0.15) is 42.6 Å². The van der Waals surface area contributed by atoms with E-state index >= 15 is 0 Å². The Balaban J connectivity index is 1.99. The first kappa shape index (κ1) is 18.1. The second kappa shape index (κ2) is 8.06. The number of hydrogen-bond acceptors (Lipinski definition) is 5. The molecule has 2 rings (SSSR count). The summed E-state index contributed by atoms with van der Waals surface area (Å²) in [6.45, 7) is 7.35. The van der Waals surface area contributed by atoms with E-state index in [1.54, 1.807) is 19.1 Å². The maximum Gasteiger partial charge on any atom is 0.258 e. The molecule has 128 valence electrons. The Morgan fingerprint density at radius 1 is 1.29 bits per heavy atom. The van der Waals surface area contributed by atoms with Gasteiger partial charge in [-0.15, -0.1) is 11.3 Å². The van der Waals surface area contributed by atoms with E-state index in [2.05, 4.69) is 10.3 Å². The SMILES string of the molecule is CC[C@H](C)NC(=O)COc1ccc(-c2nc(C)c(C(C)=O)s2)cc1. The Kier molecular flexibility index (Phi) is 6.09. The van der Waals surface area contributed by atoms with Crippen molar-refractivity contribution in [1.29, 1.82) is 0 Å². The van der Waals surface area contributed by atoms with Crippen LogP contribution in [-0.2, 0) is 4.79 Å². The third-order valence-electron chi connectivity index (χ3n) is 3.61. The molecule has 0 saturated carbocycles. The van der Waals surface area contributed by atoms with Gasteiger partial charge in [0.15, 0.2) is 12.4 Å². The monoisotopic (exact) mass is 346 g/mol. The second-order valence-corrected chi connectivity index (χ2v) is 6.68. The molecule has 0 aliphatic heterocycles. The summed E-state index contributed by atoms with van der Waals surface area (Å²) in [6.07, 6.45) is 0.885. The van der Waals surface area contributed by atoms with Gasteiger partial charge < -0.3 is 10.1 Å². The predicted octanol–water partition coefficient (Wildman–Crippen LogP) is 3.61. The Morgan fingerprint density at radius 3 is 2.50 bits per heavy atom. The number of benzene rings is 1. The number of ether oxygens (including phenoxy) is 1. The molecule has 1 heterocycles. The van der Waals surface area contributed by atoms with Crippen LogP contribution in [-0.4, -0.2) is 29.3 Å². The summed E-state index contributed by atoms with van der Waals surface area (Å²) in [5.74, 6) is 0.525. The highest BCUT2D eigenvalue weighted by Gasteiger charge is 2.13. The van der Waals surface area contributed by atoms with Crippen LogP contribution in [0.2, 0.25) is 0 Å². The fourth-order valence-electron chi connectivity index (χ4n) is 2.11. The predicted molar refractivity (Wildman–Crippen MR) is 95.7 cm³/mol. The van der Waals surface area contributed by atoms with Crippen molar-refractivity contribution in [3.63, 3.8) is 0 Å². The van der Waals surface area contributed by atoms with E-state index in [-0.39, 0.29) is 24.3 Å². The van der Waals surface area contributed by atoms with Gasteiger partial charge in [0, 0.05) is 18.5 Å². The van der Waals surface area contributed by atoms with Crippen LogP contribution in [0, 0.1) is 6.92 Å². The first-order valence-corrected chi connectivity index (χ1v) is 8.73. The summed E-state index contributed by atoms with van der Waals surface area (Å²) in [5.41, 5.74) is 1.68. The van der Waals surface area contributed by atoms with Gasteiger partial charge in [-0.1, -0.05) is 6.92 Å². The zero-order valence-corrected chi connectivity index (χ0v) is 15.2. The molecular weight excluding hydrogens is 324 g/mol. The molecular formula is C18H22N2O3S. The fraction of sp³-hybridized carbons (Fsp3) is 0.389. The molecule has 0 aliphatic carbocycles. The lowest BCUT2D eigenvalue weighted by Crippen LogP contribution is -2.35. The third-order valence-corrected chi connectivity index (χ3v) is 4.91. The van der Waals surface area contributed by atoms with Gasteiger partial charge >= 0.3 is 0 Å². The van der Waals surface area contributed by atoms with E-state index in [0.29, 0.717) is 10.6 Å². The first-order chi connectivity index (χ1) is 11.4. The highest BCUT2D eigenvalue weighted by Crippen LogP contribution is 2.29. The van der Waals surface area contributed by atoms with Gasteiger partial charge in [-0.25, -0.2) is 4.98 Å². The standard InChI is InChI=1S/C18H22N2O3S/c1-5-11(2)19-16(22)10-23-15-8-6-14(7-9-15)18-20-12(3)17(24-18)13(4)21/h6-9,11H,5,10H2,1-4H3,(H,19,22)/t11-/m0/s1. The number of aromatic nitrogens is 1. The van der Waals surface area contributed by atoms with Gasteiger partial charge in [0.2, 0.25) is 0 Å². The van der Waals surface area contributed by atoms with Crippen LogP contribution in [0.4, 0.5) is 0 Å². The zero-order valence-electron chi connectivity index (χ0n) is 14.4. The first-order valence-electron chi connectivity index (χ1n) is 7.91. The molecule has 24 heavy (non-hydrogen) atoms. The summed E-state index contributed by atoms with van der Waals surface area (Å²) in [4.78, 5) is 28.4. The maximum atomic E-state index is 11.7. The number of nitrogens with one attached hydrogen (secondary N) is 1. The average Bonchev–Trinajstić information content (AvgIpc) is 2.95. The minimum atomic E-state index is -0.130. The molecule has 0 radical (unpaired) electrons. The van der Waals surface area contributed by atoms with Gasteiger partial charge in [0.05, 0.1) is 10.6 Å². The van der Waals surface area contributed by atoms with Crippen molar-refractivity contribution in [2.75, 3.05) is 6.61 Å². The fourth-order valence-corrected chi connectivity index (χ4v) is 3.07. The van der Waals surface area contributed by atoms with Crippen LogP contribution in [0.25, 0.3) is 10.6 Å². The lowest BCUT2D eigenvalue weighted by molar-refractivity contribution is -0.123. The van der Waals surface area contributed by atoms with Crippen LogP contribution < -0.4 is 10.1 Å². The number of aryl methyl sites for hydroxylation is 1. The summed E-state index contributed by atoms with van der Waals surface area (Å²) in [6, 6.07) is 7.51. The van der Waals surface area contributed by atoms with Crippen LogP contribution in [0.15, 0.2) is 24.3 Å². The second-order valence-electron chi connectivity index (χ2n) is 5.68. The van der Waals surface area contributed by atoms with Gasteiger partial charge in [-0.2, -0.15) is 0 Å². The summed E-state index contributed by atoms with van der Waals surface area (Å²) < 4.78 is 5.49. The molecule has 0 fully saturated rings. The van der Waals surface area contributed by atoms with Gasteiger partial charge in [0.25, 0.3) is 5.91 Å². The van der Waals surface area contributed by atoms with Crippen molar-refractivity contribution >= 4 is 23.0 Å². The molecule has 1 N–H and O–H groups in total. The Hall–Kier alpha value is -2.21. The quantitative estimate of drug-likeness (QED) is 0.778. The van der Waals surface area contributed by atoms with Gasteiger partial charge in [-0.05, 0) is 44.5 Å². The molecule has 0 bridgehead atoms. The van der Waals surface area contributed by atoms with Crippen molar-refractivity contribution < 1.29 is 14.3 Å². The molecule has 2 aromatic rings. The van der Waals surface area contributed by atoms with Gasteiger partial charge in [-0.3, -0.25) is 9.59 Å². The number of nitrogens with zero attached hydrogens (tertiary/aromatic N) is 1. The van der Waals surface area contributed by atoms with E-state index in [0.717, 1.165) is 22.7 Å². The minimum absolute atomic E-state index is 0.00543. The highest BCUT2D eigenvalue weighted by molar-refractivity contribution is 7.17. The maximum absolute atomic E-state index is 11.7. The largest absolute Gasteiger partial charge is 0.484 e. The lowest BCUT2D eigenvalue weighted by atomic mass is 10.2. The molecule has 1 atom stereocenters. The van der Waals surface area contributed by atoms with E-state index in [4.69, 9.17) is 4.74 Å². The van der Waals surface area contributed by atoms with Crippen molar-refractivity contribution in [2.45, 2.75) is 40.2 Å². The Morgan fingerprint density at radius 2 is 1.96 bits per heavy atom. The van der Waals surface area contributed by atoms with Crippen LogP contribution >= 0.6 is 11.3 Å². The van der Waals surface area contributed by atoms with E-state index in [1.807, 2.05) is 32.9 Å².